The molecule has 1 fully saturated rings. The minimum absolute atomic E-state index is 0.152. The van der Waals surface area contributed by atoms with E-state index >= 15 is 0 Å². The van der Waals surface area contributed by atoms with E-state index < -0.39 is 0 Å². The zero-order valence-electron chi connectivity index (χ0n) is 19.8. The van der Waals surface area contributed by atoms with Gasteiger partial charge in [0.05, 0.1) is 24.2 Å². The van der Waals surface area contributed by atoms with E-state index in [-0.39, 0.29) is 17.7 Å². The van der Waals surface area contributed by atoms with Crippen molar-refractivity contribution in [3.63, 3.8) is 0 Å². The molecule has 2 amide bonds. The van der Waals surface area contributed by atoms with E-state index in [9.17, 15) is 9.59 Å². The number of nitrogens with one attached hydrogen (secondary N) is 2. The highest BCUT2D eigenvalue weighted by Crippen LogP contribution is 2.32. The first kappa shape index (κ1) is 23.1. The van der Waals surface area contributed by atoms with Crippen LogP contribution in [0.25, 0.3) is 10.9 Å². The van der Waals surface area contributed by atoms with Crippen LogP contribution in [0.5, 0.6) is 5.75 Å². The smallest absolute Gasteiger partial charge is 0.275 e. The van der Waals surface area contributed by atoms with Gasteiger partial charge in [-0.05, 0) is 43.0 Å². The van der Waals surface area contributed by atoms with Crippen molar-refractivity contribution in [2.24, 2.45) is 0 Å². The summed E-state index contributed by atoms with van der Waals surface area (Å²) in [4.78, 5) is 35.6. The molecule has 2 N–H and O–H groups in total. The van der Waals surface area contributed by atoms with Crippen LogP contribution in [0, 0.1) is 6.92 Å². The van der Waals surface area contributed by atoms with Gasteiger partial charge in [0.15, 0.2) is 0 Å². The summed E-state index contributed by atoms with van der Waals surface area (Å²) < 4.78 is 5.38. The maximum absolute atomic E-state index is 12.9. The number of hydrogen-bond acceptors (Lipinski definition) is 5. The lowest BCUT2D eigenvalue weighted by molar-refractivity contribution is -0.131. The Bertz CT molecular complexity index is 1370. The standard InChI is InChI=1S/C27H28N4O3S/c1-17-6-5-9-23(34-2)25(17)30-26(33)22-16-35-27(29-22)18-10-12-31(13-11-18)24(32)14-19-15-28-21-8-4-3-7-20(19)21/h3-9,15-16,18,28H,10-14H2,1-2H3,(H,30,33). The van der Waals surface area contributed by atoms with E-state index in [1.807, 2.05) is 65.9 Å². The number of amides is 2. The van der Waals surface area contributed by atoms with Crippen LogP contribution in [-0.2, 0) is 11.2 Å². The summed E-state index contributed by atoms with van der Waals surface area (Å²) in [5.74, 6) is 0.788. The minimum Gasteiger partial charge on any atom is -0.495 e. The molecule has 5 rings (SSSR count). The Hall–Kier alpha value is -3.65. The average Bonchev–Trinajstić information content (AvgIpc) is 3.53. The third-order valence-corrected chi connectivity index (χ3v) is 7.67. The Morgan fingerprint density at radius 3 is 2.77 bits per heavy atom. The number of para-hydroxylation sites is 2. The van der Waals surface area contributed by atoms with Crippen molar-refractivity contribution in [2.75, 3.05) is 25.5 Å². The topological polar surface area (TPSA) is 87.3 Å². The van der Waals surface area contributed by atoms with Crippen molar-refractivity contribution in [1.82, 2.24) is 14.9 Å². The van der Waals surface area contributed by atoms with Crippen molar-refractivity contribution < 1.29 is 14.3 Å². The number of H-pyrrole nitrogens is 1. The predicted molar refractivity (Wildman–Crippen MR) is 138 cm³/mol. The number of fused-ring (bicyclic) bond motifs is 1. The Morgan fingerprint density at radius 2 is 1.97 bits per heavy atom. The van der Waals surface area contributed by atoms with Gasteiger partial charge in [0.2, 0.25) is 5.91 Å². The molecule has 180 valence electrons. The fourth-order valence-electron chi connectivity index (χ4n) is 4.66. The molecule has 8 heteroatoms. The van der Waals surface area contributed by atoms with Gasteiger partial charge in [-0.3, -0.25) is 9.59 Å². The number of rotatable bonds is 6. The van der Waals surface area contributed by atoms with Gasteiger partial charge in [0.25, 0.3) is 5.91 Å². The first-order valence-corrected chi connectivity index (χ1v) is 12.6. The van der Waals surface area contributed by atoms with Crippen LogP contribution in [-0.4, -0.2) is 46.9 Å². The highest BCUT2D eigenvalue weighted by atomic mass is 32.1. The summed E-state index contributed by atoms with van der Waals surface area (Å²) in [7, 11) is 1.59. The van der Waals surface area contributed by atoms with Gasteiger partial charge < -0.3 is 19.9 Å². The number of piperidine rings is 1. The van der Waals surface area contributed by atoms with Crippen LogP contribution in [0.4, 0.5) is 5.69 Å². The molecule has 0 saturated carbocycles. The first-order valence-electron chi connectivity index (χ1n) is 11.8. The molecular weight excluding hydrogens is 460 g/mol. The minimum atomic E-state index is -0.244. The second-order valence-electron chi connectivity index (χ2n) is 8.87. The van der Waals surface area contributed by atoms with E-state index in [4.69, 9.17) is 4.74 Å². The molecule has 1 aliphatic heterocycles. The lowest BCUT2D eigenvalue weighted by atomic mass is 9.97. The highest BCUT2D eigenvalue weighted by molar-refractivity contribution is 7.10. The van der Waals surface area contributed by atoms with Gasteiger partial charge in [-0.2, -0.15) is 0 Å². The van der Waals surface area contributed by atoms with Gasteiger partial charge in [-0.15, -0.1) is 11.3 Å². The number of aromatic nitrogens is 2. The molecule has 0 atom stereocenters. The zero-order valence-corrected chi connectivity index (χ0v) is 20.7. The number of thiazole rings is 1. The van der Waals surface area contributed by atoms with Gasteiger partial charge in [0, 0.05) is 41.5 Å². The van der Waals surface area contributed by atoms with Gasteiger partial charge >= 0.3 is 0 Å². The Labute approximate surface area is 208 Å². The van der Waals surface area contributed by atoms with Crippen molar-refractivity contribution in [3.05, 3.63) is 75.9 Å². The van der Waals surface area contributed by atoms with E-state index in [2.05, 4.69) is 15.3 Å². The lowest BCUT2D eigenvalue weighted by Crippen LogP contribution is -2.38. The quantitative estimate of drug-likeness (QED) is 0.393. The van der Waals surface area contributed by atoms with Crippen LogP contribution >= 0.6 is 11.3 Å². The number of carbonyl (C=O) groups is 2. The Kier molecular flexibility index (Phi) is 6.55. The second kappa shape index (κ2) is 9.92. The van der Waals surface area contributed by atoms with Crippen molar-refractivity contribution in [2.45, 2.75) is 32.1 Å². The van der Waals surface area contributed by atoms with Crippen LogP contribution in [0.15, 0.2) is 54.0 Å². The van der Waals surface area contributed by atoms with Gasteiger partial charge in [-0.25, -0.2) is 4.98 Å². The molecule has 0 bridgehead atoms. The molecule has 0 unspecified atom stereocenters. The maximum atomic E-state index is 12.9. The fraction of sp³-hybridized carbons (Fsp3) is 0.296. The molecule has 35 heavy (non-hydrogen) atoms. The normalized spacial score (nSPS) is 14.3. The summed E-state index contributed by atoms with van der Waals surface area (Å²) in [6, 6.07) is 13.7. The molecule has 2 aromatic heterocycles. The van der Waals surface area contributed by atoms with E-state index in [1.165, 1.54) is 11.3 Å². The molecule has 2 aromatic carbocycles. The largest absolute Gasteiger partial charge is 0.495 e. The second-order valence-corrected chi connectivity index (χ2v) is 9.76. The molecule has 0 radical (unpaired) electrons. The summed E-state index contributed by atoms with van der Waals surface area (Å²) in [5, 5.41) is 6.81. The van der Waals surface area contributed by atoms with Crippen molar-refractivity contribution in [1.29, 1.82) is 0 Å². The fourth-order valence-corrected chi connectivity index (χ4v) is 5.63. The number of carbonyl (C=O) groups excluding carboxylic acids is 2. The number of aromatic amines is 1. The Morgan fingerprint density at radius 1 is 1.17 bits per heavy atom. The predicted octanol–water partition coefficient (Wildman–Crippen LogP) is 5.14. The number of anilines is 1. The lowest BCUT2D eigenvalue weighted by Gasteiger charge is -2.31. The summed E-state index contributed by atoms with van der Waals surface area (Å²) >= 11 is 1.51. The van der Waals surface area contributed by atoms with Crippen LogP contribution in [0.2, 0.25) is 0 Å². The number of methoxy groups -OCH3 is 1. The molecule has 1 saturated heterocycles. The molecule has 1 aliphatic rings. The SMILES string of the molecule is COc1cccc(C)c1NC(=O)c1csc(C2CCN(C(=O)Cc3c[nH]c4ccccc34)CC2)n1. The average molecular weight is 489 g/mol. The van der Waals surface area contributed by atoms with Crippen LogP contribution < -0.4 is 10.1 Å². The van der Waals surface area contributed by atoms with E-state index in [1.54, 1.807) is 7.11 Å². The van der Waals surface area contributed by atoms with E-state index in [0.29, 0.717) is 36.6 Å². The van der Waals surface area contributed by atoms with Crippen LogP contribution in [0.3, 0.4) is 0 Å². The number of hydrogen-bond donors (Lipinski definition) is 2. The number of ether oxygens (including phenoxy) is 1. The monoisotopic (exact) mass is 488 g/mol. The van der Waals surface area contributed by atoms with Crippen molar-refractivity contribution in [3.8, 4) is 5.75 Å². The number of benzene rings is 2. The zero-order chi connectivity index (χ0) is 24.4. The van der Waals surface area contributed by atoms with Crippen LogP contribution in [0.1, 0.15) is 45.4 Å². The van der Waals surface area contributed by atoms with Gasteiger partial charge in [-0.1, -0.05) is 30.3 Å². The number of nitrogens with zero attached hydrogens (tertiary/aromatic N) is 2. The summed E-state index contributed by atoms with van der Waals surface area (Å²) in [6.45, 7) is 3.33. The molecule has 4 aromatic rings. The summed E-state index contributed by atoms with van der Waals surface area (Å²) in [6.07, 6.45) is 4.03. The number of likely N-dealkylation sites (tertiary alicyclic amines) is 1. The highest BCUT2D eigenvalue weighted by Gasteiger charge is 2.27. The molecule has 7 nitrogen and oxygen atoms in total. The summed E-state index contributed by atoms with van der Waals surface area (Å²) in [5.41, 5.74) is 4.09. The molecule has 0 aliphatic carbocycles. The maximum Gasteiger partial charge on any atom is 0.275 e. The Balaban J connectivity index is 1.19. The number of aryl methyl sites for hydroxylation is 1. The molecular formula is C27H28N4O3S. The van der Waals surface area contributed by atoms with Crippen molar-refractivity contribution >= 4 is 39.7 Å². The third kappa shape index (κ3) is 4.79. The van der Waals surface area contributed by atoms with Gasteiger partial charge in [0.1, 0.15) is 11.4 Å². The third-order valence-electron chi connectivity index (χ3n) is 6.66. The molecule has 0 spiro atoms. The first-order chi connectivity index (χ1) is 17.0. The van der Waals surface area contributed by atoms with E-state index in [0.717, 1.165) is 39.9 Å². The molecule has 3 heterocycles.